The zero-order chi connectivity index (χ0) is 14.5. The molecule has 106 valence electrons. The van der Waals surface area contributed by atoms with Crippen LogP contribution in [0.4, 0.5) is 5.69 Å². The minimum absolute atomic E-state index is 0.150. The molecule has 0 atom stereocenters. The lowest BCUT2D eigenvalue weighted by Gasteiger charge is -2.24. The number of hydrogen-bond acceptors (Lipinski definition) is 3. The molecule has 0 amide bonds. The monoisotopic (exact) mass is 263 g/mol. The molecule has 0 saturated heterocycles. The van der Waals surface area contributed by atoms with Crippen LogP contribution in [0.25, 0.3) is 0 Å². The third kappa shape index (κ3) is 4.58. The van der Waals surface area contributed by atoms with Crippen LogP contribution in [0, 0.1) is 0 Å². The van der Waals surface area contributed by atoms with Gasteiger partial charge in [0.25, 0.3) is 0 Å². The second-order valence-electron chi connectivity index (χ2n) is 5.62. The summed E-state index contributed by atoms with van der Waals surface area (Å²) >= 11 is 0. The van der Waals surface area contributed by atoms with Gasteiger partial charge in [0.2, 0.25) is 0 Å². The lowest BCUT2D eigenvalue weighted by molar-refractivity contribution is -0.141. The van der Waals surface area contributed by atoms with Crippen LogP contribution in [0.3, 0.4) is 0 Å². The van der Waals surface area contributed by atoms with Crippen LogP contribution in [0.5, 0.6) is 0 Å². The van der Waals surface area contributed by atoms with Crippen molar-refractivity contribution in [2.45, 2.75) is 40.0 Å². The van der Waals surface area contributed by atoms with Gasteiger partial charge in [-0.15, -0.1) is 0 Å². The van der Waals surface area contributed by atoms with Gasteiger partial charge in [-0.05, 0) is 37.0 Å². The molecular weight excluding hydrogens is 238 g/mol. The van der Waals surface area contributed by atoms with Crippen molar-refractivity contribution in [1.82, 2.24) is 0 Å². The first-order valence-corrected chi connectivity index (χ1v) is 6.89. The maximum Gasteiger partial charge on any atom is 0.325 e. The van der Waals surface area contributed by atoms with E-state index in [0.29, 0.717) is 13.2 Å². The van der Waals surface area contributed by atoms with E-state index in [-0.39, 0.29) is 11.4 Å². The first-order chi connectivity index (χ1) is 8.88. The maximum atomic E-state index is 11.5. The van der Waals surface area contributed by atoms with Crippen LogP contribution >= 0.6 is 0 Å². The molecule has 0 radical (unpaired) electrons. The number of rotatable bonds is 5. The van der Waals surface area contributed by atoms with Crippen molar-refractivity contribution in [3.63, 3.8) is 0 Å². The molecule has 1 aromatic carbocycles. The lowest BCUT2D eigenvalue weighted by Crippen LogP contribution is -2.30. The number of carbonyl (C=O) groups is 1. The molecular formula is C16H25NO2. The fraction of sp³-hybridized carbons (Fsp3) is 0.562. The summed E-state index contributed by atoms with van der Waals surface area (Å²) in [6, 6.07) is 8.40. The molecule has 3 nitrogen and oxygen atoms in total. The Morgan fingerprint density at radius 1 is 1.16 bits per heavy atom. The van der Waals surface area contributed by atoms with E-state index in [1.807, 2.05) is 18.7 Å². The summed E-state index contributed by atoms with van der Waals surface area (Å²) in [4.78, 5) is 13.6. The predicted octanol–water partition coefficient (Wildman–Crippen LogP) is 3.37. The summed E-state index contributed by atoms with van der Waals surface area (Å²) in [6.45, 7) is 12.0. The quantitative estimate of drug-likeness (QED) is 0.763. The van der Waals surface area contributed by atoms with Crippen LogP contribution < -0.4 is 4.90 Å². The third-order valence-corrected chi connectivity index (χ3v) is 3.11. The van der Waals surface area contributed by atoms with Crippen LogP contribution in [-0.2, 0) is 14.9 Å². The highest BCUT2D eigenvalue weighted by atomic mass is 16.5. The van der Waals surface area contributed by atoms with Gasteiger partial charge in [0.05, 0.1) is 6.61 Å². The summed E-state index contributed by atoms with van der Waals surface area (Å²) in [6.07, 6.45) is 0. The van der Waals surface area contributed by atoms with Crippen LogP contribution in [0.15, 0.2) is 24.3 Å². The molecule has 0 saturated carbocycles. The average Bonchev–Trinajstić information content (AvgIpc) is 2.35. The van der Waals surface area contributed by atoms with Crippen molar-refractivity contribution >= 4 is 11.7 Å². The van der Waals surface area contributed by atoms with Crippen molar-refractivity contribution in [3.8, 4) is 0 Å². The Bertz CT molecular complexity index is 404. The van der Waals surface area contributed by atoms with E-state index >= 15 is 0 Å². The number of esters is 1. The predicted molar refractivity (Wildman–Crippen MR) is 79.7 cm³/mol. The topological polar surface area (TPSA) is 29.5 Å². The minimum Gasteiger partial charge on any atom is -0.465 e. The average molecular weight is 263 g/mol. The summed E-state index contributed by atoms with van der Waals surface area (Å²) in [5.41, 5.74) is 2.50. The molecule has 0 aliphatic rings. The van der Waals surface area contributed by atoms with E-state index < -0.39 is 0 Å². The van der Waals surface area contributed by atoms with E-state index in [4.69, 9.17) is 4.74 Å². The van der Waals surface area contributed by atoms with Gasteiger partial charge in [-0.25, -0.2) is 0 Å². The molecule has 0 aromatic heterocycles. The van der Waals surface area contributed by atoms with Gasteiger partial charge >= 0.3 is 5.97 Å². The van der Waals surface area contributed by atoms with E-state index in [9.17, 15) is 4.79 Å². The van der Waals surface area contributed by atoms with Crippen LogP contribution in [-0.4, -0.2) is 25.7 Å². The van der Waals surface area contributed by atoms with Gasteiger partial charge in [0.15, 0.2) is 0 Å². The number of carbonyl (C=O) groups excluding carboxylic acids is 1. The number of ether oxygens (including phenoxy) is 1. The molecule has 0 N–H and O–H groups in total. The highest BCUT2D eigenvalue weighted by Gasteiger charge is 2.15. The standard InChI is InChI=1S/C16H25NO2/c1-6-17(12-15(18)19-7-2)14-10-8-13(9-11-14)16(3,4)5/h8-11H,6-7,12H2,1-5H3. The number of anilines is 1. The van der Waals surface area contributed by atoms with E-state index in [1.54, 1.807) is 0 Å². The molecule has 0 spiro atoms. The Morgan fingerprint density at radius 3 is 2.16 bits per heavy atom. The summed E-state index contributed by atoms with van der Waals surface area (Å²) in [7, 11) is 0. The second-order valence-corrected chi connectivity index (χ2v) is 5.62. The molecule has 3 heteroatoms. The zero-order valence-corrected chi connectivity index (χ0v) is 12.7. The summed E-state index contributed by atoms with van der Waals surface area (Å²) in [5.74, 6) is -0.177. The lowest BCUT2D eigenvalue weighted by atomic mass is 9.87. The van der Waals surface area contributed by atoms with Crippen molar-refractivity contribution in [3.05, 3.63) is 29.8 Å². The van der Waals surface area contributed by atoms with E-state index in [0.717, 1.165) is 12.2 Å². The van der Waals surface area contributed by atoms with E-state index in [1.165, 1.54) is 5.56 Å². The third-order valence-electron chi connectivity index (χ3n) is 3.11. The van der Waals surface area contributed by atoms with Gasteiger partial charge in [-0.1, -0.05) is 32.9 Å². The van der Waals surface area contributed by atoms with Crippen molar-refractivity contribution in [2.75, 3.05) is 24.6 Å². The highest BCUT2D eigenvalue weighted by molar-refractivity contribution is 5.75. The molecule has 1 rings (SSSR count). The molecule has 0 fully saturated rings. The van der Waals surface area contributed by atoms with Gasteiger partial charge < -0.3 is 9.64 Å². The molecule has 1 aromatic rings. The first-order valence-electron chi connectivity index (χ1n) is 6.89. The Morgan fingerprint density at radius 2 is 1.74 bits per heavy atom. The SMILES string of the molecule is CCOC(=O)CN(CC)c1ccc(C(C)(C)C)cc1. The normalized spacial score (nSPS) is 11.2. The van der Waals surface area contributed by atoms with Crippen molar-refractivity contribution in [1.29, 1.82) is 0 Å². The Balaban J connectivity index is 2.79. The van der Waals surface area contributed by atoms with Crippen LogP contribution in [0.2, 0.25) is 0 Å². The van der Waals surface area contributed by atoms with Crippen molar-refractivity contribution < 1.29 is 9.53 Å². The molecule has 19 heavy (non-hydrogen) atoms. The van der Waals surface area contributed by atoms with Gasteiger partial charge in [-0.2, -0.15) is 0 Å². The Hall–Kier alpha value is -1.51. The Kier molecular flexibility index (Phi) is 5.40. The van der Waals surface area contributed by atoms with Gasteiger partial charge in [0.1, 0.15) is 6.54 Å². The summed E-state index contributed by atoms with van der Waals surface area (Å²) in [5, 5.41) is 0. The van der Waals surface area contributed by atoms with Crippen LogP contribution in [0.1, 0.15) is 40.2 Å². The number of likely N-dealkylation sites (N-methyl/N-ethyl adjacent to an activating group) is 1. The molecule has 0 aliphatic carbocycles. The van der Waals surface area contributed by atoms with E-state index in [2.05, 4.69) is 45.0 Å². The number of hydrogen-bond donors (Lipinski definition) is 0. The Labute approximate surface area is 116 Å². The summed E-state index contributed by atoms with van der Waals surface area (Å²) < 4.78 is 4.99. The van der Waals surface area contributed by atoms with Crippen molar-refractivity contribution in [2.24, 2.45) is 0 Å². The largest absolute Gasteiger partial charge is 0.465 e. The van der Waals surface area contributed by atoms with Gasteiger partial charge in [0, 0.05) is 12.2 Å². The number of nitrogens with zero attached hydrogens (tertiary/aromatic N) is 1. The molecule has 0 bridgehead atoms. The smallest absolute Gasteiger partial charge is 0.325 e. The zero-order valence-electron chi connectivity index (χ0n) is 12.7. The number of benzene rings is 1. The highest BCUT2D eigenvalue weighted by Crippen LogP contribution is 2.24. The first kappa shape index (κ1) is 15.5. The maximum absolute atomic E-state index is 11.5. The molecule has 0 aliphatic heterocycles. The fourth-order valence-electron chi connectivity index (χ4n) is 1.92. The molecule has 0 heterocycles. The second kappa shape index (κ2) is 6.60. The fourth-order valence-corrected chi connectivity index (χ4v) is 1.92. The minimum atomic E-state index is -0.177. The molecule has 0 unspecified atom stereocenters. The van der Waals surface area contributed by atoms with Gasteiger partial charge in [-0.3, -0.25) is 4.79 Å².